The molecule has 26 heavy (non-hydrogen) atoms. The predicted octanol–water partition coefficient (Wildman–Crippen LogP) is 4.24. The molecule has 0 fully saturated rings. The number of nitrogens with zero attached hydrogens (tertiary/aromatic N) is 2. The molecular formula is C21H28N4O. The highest BCUT2D eigenvalue weighted by atomic mass is 16.2. The van der Waals surface area contributed by atoms with Crippen molar-refractivity contribution in [3.63, 3.8) is 0 Å². The second kappa shape index (κ2) is 7.36. The second-order valence-electron chi connectivity index (χ2n) is 7.20. The molecule has 0 saturated carbocycles. The lowest BCUT2D eigenvalue weighted by Crippen LogP contribution is -2.31. The molecule has 3 rings (SSSR count). The van der Waals surface area contributed by atoms with E-state index in [0.29, 0.717) is 6.54 Å². The Morgan fingerprint density at radius 3 is 2.77 bits per heavy atom. The molecule has 1 amide bonds. The number of rotatable bonds is 6. The van der Waals surface area contributed by atoms with Crippen molar-refractivity contribution in [2.75, 3.05) is 0 Å². The second-order valence-corrected chi connectivity index (χ2v) is 7.20. The first-order valence-electron chi connectivity index (χ1n) is 9.32. The summed E-state index contributed by atoms with van der Waals surface area (Å²) in [6, 6.07) is 6.06. The van der Waals surface area contributed by atoms with Gasteiger partial charge in [0, 0.05) is 41.5 Å². The maximum Gasteiger partial charge on any atom is 0.243 e. The Morgan fingerprint density at radius 2 is 2.08 bits per heavy atom. The van der Waals surface area contributed by atoms with E-state index >= 15 is 0 Å². The zero-order valence-electron chi connectivity index (χ0n) is 16.3. The van der Waals surface area contributed by atoms with E-state index in [1.165, 1.54) is 16.6 Å². The van der Waals surface area contributed by atoms with Crippen LogP contribution in [0, 0.1) is 6.92 Å². The van der Waals surface area contributed by atoms with Gasteiger partial charge in [0.1, 0.15) is 11.9 Å². The zero-order valence-corrected chi connectivity index (χ0v) is 16.3. The highest BCUT2D eigenvalue weighted by molar-refractivity contribution is 5.85. The van der Waals surface area contributed by atoms with E-state index in [2.05, 4.69) is 61.2 Å². The number of fused-ring (bicyclic) bond motifs is 1. The molecule has 5 nitrogen and oxygen atoms in total. The molecule has 3 aromatic rings. The summed E-state index contributed by atoms with van der Waals surface area (Å²) in [4.78, 5) is 20.4. The van der Waals surface area contributed by atoms with Gasteiger partial charge in [-0.05, 0) is 43.5 Å². The molecular weight excluding hydrogens is 324 g/mol. The first-order chi connectivity index (χ1) is 12.4. The number of amides is 1. The van der Waals surface area contributed by atoms with Crippen LogP contribution >= 0.6 is 0 Å². The molecule has 1 atom stereocenters. The first-order valence-corrected chi connectivity index (χ1v) is 9.32. The smallest absolute Gasteiger partial charge is 0.243 e. The third-order valence-electron chi connectivity index (χ3n) is 5.06. The van der Waals surface area contributed by atoms with Gasteiger partial charge in [-0.3, -0.25) is 4.79 Å². The molecule has 138 valence electrons. The number of hydrogen-bond acceptors (Lipinski definition) is 2. The Labute approximate surface area is 154 Å². The van der Waals surface area contributed by atoms with Crippen LogP contribution in [0.3, 0.4) is 0 Å². The van der Waals surface area contributed by atoms with Crippen LogP contribution in [0.2, 0.25) is 0 Å². The highest BCUT2D eigenvalue weighted by Crippen LogP contribution is 2.23. The van der Waals surface area contributed by atoms with Gasteiger partial charge in [0.2, 0.25) is 5.91 Å². The van der Waals surface area contributed by atoms with Crippen LogP contribution in [0.25, 0.3) is 10.9 Å². The lowest BCUT2D eigenvalue weighted by molar-refractivity contribution is -0.124. The van der Waals surface area contributed by atoms with Gasteiger partial charge in [0.05, 0.1) is 0 Å². The summed E-state index contributed by atoms with van der Waals surface area (Å²) in [5.41, 5.74) is 4.83. The van der Waals surface area contributed by atoms with Gasteiger partial charge in [0.25, 0.3) is 0 Å². The van der Waals surface area contributed by atoms with E-state index in [0.717, 1.165) is 23.3 Å². The Balaban J connectivity index is 1.72. The molecule has 2 heterocycles. The number of carbonyl (C=O) groups excluding carboxylic acids is 1. The van der Waals surface area contributed by atoms with Gasteiger partial charge < -0.3 is 14.9 Å². The van der Waals surface area contributed by atoms with Gasteiger partial charge in [-0.25, -0.2) is 4.98 Å². The molecule has 0 aliphatic heterocycles. The number of nitrogens with one attached hydrogen (secondary N) is 2. The van der Waals surface area contributed by atoms with Crippen molar-refractivity contribution in [1.29, 1.82) is 0 Å². The fraction of sp³-hybridized carbons (Fsp3) is 0.429. The molecule has 2 aromatic heterocycles. The molecule has 5 heteroatoms. The molecule has 0 radical (unpaired) electrons. The standard InChI is InChI=1S/C21H28N4O/c1-6-18-14(4)17-11-16(7-8-19(17)24-18)12-23-21(26)15(5)25-10-9-22-20(25)13(2)3/h7-11,13,15,24H,6,12H2,1-5H3,(H,23,26)/t15-/m1/s1. The van der Waals surface area contributed by atoms with Crippen LogP contribution in [0.4, 0.5) is 0 Å². The van der Waals surface area contributed by atoms with E-state index in [1.54, 1.807) is 6.20 Å². The van der Waals surface area contributed by atoms with Crippen LogP contribution < -0.4 is 5.32 Å². The van der Waals surface area contributed by atoms with Crippen LogP contribution in [0.5, 0.6) is 0 Å². The molecule has 0 unspecified atom stereocenters. The zero-order chi connectivity index (χ0) is 18.8. The summed E-state index contributed by atoms with van der Waals surface area (Å²) in [6.07, 6.45) is 4.63. The maximum atomic E-state index is 12.6. The third-order valence-corrected chi connectivity index (χ3v) is 5.06. The number of aromatic nitrogens is 3. The first kappa shape index (κ1) is 18.2. The van der Waals surface area contributed by atoms with Crippen LogP contribution in [-0.2, 0) is 17.8 Å². The van der Waals surface area contributed by atoms with Crippen molar-refractivity contribution in [2.24, 2.45) is 0 Å². The quantitative estimate of drug-likeness (QED) is 0.697. The van der Waals surface area contributed by atoms with Crippen molar-refractivity contribution < 1.29 is 4.79 Å². The molecule has 0 bridgehead atoms. The van der Waals surface area contributed by atoms with Gasteiger partial charge in [0.15, 0.2) is 0 Å². The molecule has 0 saturated heterocycles. The minimum Gasteiger partial charge on any atom is -0.358 e. The number of H-pyrrole nitrogens is 1. The molecule has 0 aliphatic carbocycles. The number of imidazole rings is 1. The summed E-state index contributed by atoms with van der Waals surface area (Å²) >= 11 is 0. The van der Waals surface area contributed by atoms with Crippen molar-refractivity contribution in [1.82, 2.24) is 19.9 Å². The summed E-state index contributed by atoms with van der Waals surface area (Å²) in [6.45, 7) is 10.9. The largest absolute Gasteiger partial charge is 0.358 e. The topological polar surface area (TPSA) is 62.7 Å². The van der Waals surface area contributed by atoms with Crippen LogP contribution in [-0.4, -0.2) is 20.4 Å². The fourth-order valence-electron chi connectivity index (χ4n) is 3.46. The van der Waals surface area contributed by atoms with Crippen molar-refractivity contribution in [3.05, 3.63) is 53.2 Å². The summed E-state index contributed by atoms with van der Waals surface area (Å²) < 4.78 is 1.95. The van der Waals surface area contributed by atoms with Crippen molar-refractivity contribution in [2.45, 2.75) is 59.5 Å². The third kappa shape index (κ3) is 3.39. The number of aromatic amines is 1. The van der Waals surface area contributed by atoms with E-state index < -0.39 is 0 Å². The van der Waals surface area contributed by atoms with E-state index in [4.69, 9.17) is 0 Å². The van der Waals surface area contributed by atoms with Crippen molar-refractivity contribution in [3.8, 4) is 0 Å². The van der Waals surface area contributed by atoms with E-state index in [9.17, 15) is 4.79 Å². The minimum atomic E-state index is -0.278. The summed E-state index contributed by atoms with van der Waals surface area (Å²) in [5, 5.41) is 4.29. The number of aryl methyl sites for hydroxylation is 2. The fourth-order valence-corrected chi connectivity index (χ4v) is 3.46. The Bertz CT molecular complexity index is 919. The molecule has 1 aromatic carbocycles. The monoisotopic (exact) mass is 352 g/mol. The molecule has 0 aliphatic rings. The molecule has 2 N–H and O–H groups in total. The Morgan fingerprint density at radius 1 is 1.31 bits per heavy atom. The maximum absolute atomic E-state index is 12.6. The summed E-state index contributed by atoms with van der Waals surface area (Å²) in [5.74, 6) is 1.22. The minimum absolute atomic E-state index is 0.00466. The highest BCUT2D eigenvalue weighted by Gasteiger charge is 2.19. The summed E-state index contributed by atoms with van der Waals surface area (Å²) in [7, 11) is 0. The van der Waals surface area contributed by atoms with Crippen LogP contribution in [0.15, 0.2) is 30.6 Å². The number of benzene rings is 1. The lowest BCUT2D eigenvalue weighted by atomic mass is 10.1. The van der Waals surface area contributed by atoms with Gasteiger partial charge in [-0.2, -0.15) is 0 Å². The Hall–Kier alpha value is -2.56. The van der Waals surface area contributed by atoms with Gasteiger partial charge in [-0.15, -0.1) is 0 Å². The number of carbonyl (C=O) groups is 1. The predicted molar refractivity (Wildman–Crippen MR) is 105 cm³/mol. The SMILES string of the molecule is CCc1[nH]c2ccc(CNC(=O)[C@@H](C)n3ccnc3C(C)C)cc2c1C. The lowest BCUT2D eigenvalue weighted by Gasteiger charge is -2.18. The van der Waals surface area contributed by atoms with Crippen molar-refractivity contribution >= 4 is 16.8 Å². The Kier molecular flexibility index (Phi) is 5.16. The average molecular weight is 352 g/mol. The van der Waals surface area contributed by atoms with Crippen LogP contribution in [0.1, 0.15) is 62.3 Å². The normalized spacial score (nSPS) is 12.7. The molecule has 0 spiro atoms. The van der Waals surface area contributed by atoms with Gasteiger partial charge in [-0.1, -0.05) is 26.8 Å². The number of hydrogen-bond donors (Lipinski definition) is 2. The van der Waals surface area contributed by atoms with E-state index in [-0.39, 0.29) is 17.9 Å². The van der Waals surface area contributed by atoms with Gasteiger partial charge >= 0.3 is 0 Å². The average Bonchev–Trinajstić information content (AvgIpc) is 3.24. The van der Waals surface area contributed by atoms with E-state index in [1.807, 2.05) is 17.7 Å².